The van der Waals surface area contributed by atoms with Crippen LogP contribution in [0.25, 0.3) is 5.52 Å². The first kappa shape index (κ1) is 15.0. The van der Waals surface area contributed by atoms with E-state index in [0.717, 1.165) is 28.0 Å². The summed E-state index contributed by atoms with van der Waals surface area (Å²) in [5, 5.41) is 7.80. The minimum absolute atomic E-state index is 0.0251. The number of furan rings is 1. The van der Waals surface area contributed by atoms with Crippen molar-refractivity contribution in [2.75, 3.05) is 5.32 Å². The summed E-state index contributed by atoms with van der Waals surface area (Å²) in [6.45, 7) is 0. The molecule has 3 aromatic heterocycles. The fourth-order valence-electron chi connectivity index (χ4n) is 2.74. The van der Waals surface area contributed by atoms with Crippen molar-refractivity contribution in [3.63, 3.8) is 0 Å². The molecule has 24 heavy (non-hydrogen) atoms. The Labute approximate surface area is 147 Å². The highest BCUT2D eigenvalue weighted by Gasteiger charge is 2.18. The third kappa shape index (κ3) is 2.92. The van der Waals surface area contributed by atoms with Gasteiger partial charge < -0.3 is 9.73 Å². The minimum atomic E-state index is -0.0251. The van der Waals surface area contributed by atoms with Gasteiger partial charge in [-0.15, -0.1) is 0 Å². The highest BCUT2D eigenvalue weighted by Crippen LogP contribution is 2.28. The third-order valence-corrected chi connectivity index (χ3v) is 4.45. The molecule has 1 aromatic carbocycles. The molecule has 0 amide bonds. The van der Waals surface area contributed by atoms with Crippen LogP contribution in [0.15, 0.2) is 76.2 Å². The topological polar surface area (TPSA) is 55.4 Å². The maximum atomic E-state index is 5.64. The van der Waals surface area contributed by atoms with Crippen LogP contribution in [0.5, 0.6) is 0 Å². The van der Waals surface area contributed by atoms with Gasteiger partial charge in [-0.1, -0.05) is 30.3 Å². The van der Waals surface area contributed by atoms with E-state index >= 15 is 0 Å². The molecule has 4 rings (SSSR count). The van der Waals surface area contributed by atoms with Gasteiger partial charge in [0, 0.05) is 12.4 Å². The van der Waals surface area contributed by atoms with Crippen molar-refractivity contribution in [2.24, 2.45) is 0 Å². The quantitative estimate of drug-likeness (QED) is 0.552. The zero-order valence-electron chi connectivity index (χ0n) is 12.8. The average Bonchev–Trinajstić information content (AvgIpc) is 3.26. The Morgan fingerprint density at radius 1 is 1.17 bits per heavy atom. The molecule has 0 spiro atoms. The maximum Gasteiger partial charge on any atom is 0.153 e. The second kappa shape index (κ2) is 6.49. The fraction of sp³-hybridized carbons (Fsp3) is 0.111. The number of nitrogens with zero attached hydrogens (tertiary/aromatic N) is 3. The zero-order chi connectivity index (χ0) is 16.4. The lowest BCUT2D eigenvalue weighted by Gasteiger charge is -2.18. The summed E-state index contributed by atoms with van der Waals surface area (Å²) in [7, 11) is 0. The fourth-order valence-corrected chi connectivity index (χ4v) is 3.20. The van der Waals surface area contributed by atoms with Crippen LogP contribution in [0.4, 0.5) is 5.82 Å². The van der Waals surface area contributed by atoms with E-state index in [1.54, 1.807) is 23.2 Å². The number of halogens is 1. The van der Waals surface area contributed by atoms with Crippen molar-refractivity contribution >= 4 is 27.3 Å². The Kier molecular flexibility index (Phi) is 4.04. The van der Waals surface area contributed by atoms with Crippen LogP contribution < -0.4 is 5.32 Å². The second-order valence-corrected chi connectivity index (χ2v) is 6.32. The number of hydrogen-bond donors (Lipinski definition) is 1. The summed E-state index contributed by atoms with van der Waals surface area (Å²) in [6.07, 6.45) is 7.81. The molecule has 4 aromatic rings. The molecule has 0 aliphatic heterocycles. The number of hydrogen-bond acceptors (Lipinski definition) is 4. The number of benzene rings is 1. The molecule has 5 nitrogen and oxygen atoms in total. The molecule has 0 aliphatic carbocycles. The lowest BCUT2D eigenvalue weighted by molar-refractivity contribution is 0.477. The first-order chi connectivity index (χ1) is 11.8. The molecule has 0 saturated carbocycles. The molecular weight excluding hydrogens is 368 g/mol. The van der Waals surface area contributed by atoms with Crippen LogP contribution in [0.3, 0.4) is 0 Å². The van der Waals surface area contributed by atoms with Crippen LogP contribution in [0, 0.1) is 0 Å². The van der Waals surface area contributed by atoms with Crippen molar-refractivity contribution in [3.05, 3.63) is 83.1 Å². The first-order valence-electron chi connectivity index (χ1n) is 7.63. The van der Waals surface area contributed by atoms with Gasteiger partial charge in [0.25, 0.3) is 0 Å². The number of fused-ring (bicyclic) bond motifs is 1. The Morgan fingerprint density at radius 3 is 2.83 bits per heavy atom. The van der Waals surface area contributed by atoms with Gasteiger partial charge in [0.2, 0.25) is 0 Å². The van der Waals surface area contributed by atoms with Gasteiger partial charge >= 0.3 is 0 Å². The highest BCUT2D eigenvalue weighted by molar-refractivity contribution is 9.10. The smallest absolute Gasteiger partial charge is 0.153 e. The Morgan fingerprint density at radius 2 is 2.04 bits per heavy atom. The number of anilines is 1. The predicted molar refractivity (Wildman–Crippen MR) is 95.9 cm³/mol. The van der Waals surface area contributed by atoms with Gasteiger partial charge in [0.05, 0.1) is 23.0 Å². The Bertz CT molecular complexity index is 934. The van der Waals surface area contributed by atoms with E-state index in [9.17, 15) is 0 Å². The number of rotatable bonds is 5. The molecule has 0 bridgehead atoms. The highest BCUT2D eigenvalue weighted by atomic mass is 79.9. The maximum absolute atomic E-state index is 5.64. The lowest BCUT2D eigenvalue weighted by atomic mass is 10.0. The Balaban J connectivity index is 1.70. The normalized spacial score (nSPS) is 12.4. The van der Waals surface area contributed by atoms with Gasteiger partial charge in [-0.3, -0.25) is 0 Å². The molecular formula is C18H15BrN4O. The summed E-state index contributed by atoms with van der Waals surface area (Å²) in [4.78, 5) is 4.49. The standard InChI is InChI=1S/C18H15BrN4O/c19-14-12-21-23-9-8-20-18(17(14)23)22-15(16-7-4-10-24-16)11-13-5-2-1-3-6-13/h1-10,12,15H,11H2,(H,20,22). The van der Waals surface area contributed by atoms with E-state index in [4.69, 9.17) is 4.42 Å². The Hall–Kier alpha value is -2.60. The van der Waals surface area contributed by atoms with E-state index in [-0.39, 0.29) is 6.04 Å². The van der Waals surface area contributed by atoms with Crippen molar-refractivity contribution in [2.45, 2.75) is 12.5 Å². The molecule has 0 saturated heterocycles. The van der Waals surface area contributed by atoms with E-state index in [0.29, 0.717) is 0 Å². The molecule has 0 radical (unpaired) electrons. The molecule has 3 heterocycles. The summed E-state index contributed by atoms with van der Waals surface area (Å²) >= 11 is 3.54. The summed E-state index contributed by atoms with van der Waals surface area (Å²) in [5.41, 5.74) is 2.13. The second-order valence-electron chi connectivity index (χ2n) is 5.46. The molecule has 1 unspecified atom stereocenters. The monoisotopic (exact) mass is 382 g/mol. The van der Waals surface area contributed by atoms with Crippen molar-refractivity contribution < 1.29 is 4.42 Å². The van der Waals surface area contributed by atoms with Crippen LogP contribution in [0.2, 0.25) is 0 Å². The van der Waals surface area contributed by atoms with Crippen molar-refractivity contribution in [1.29, 1.82) is 0 Å². The first-order valence-corrected chi connectivity index (χ1v) is 8.42. The molecule has 0 fully saturated rings. The van der Waals surface area contributed by atoms with E-state index in [2.05, 4.69) is 43.5 Å². The largest absolute Gasteiger partial charge is 0.467 e. The van der Waals surface area contributed by atoms with E-state index in [1.165, 1.54) is 5.56 Å². The van der Waals surface area contributed by atoms with E-state index < -0.39 is 0 Å². The molecule has 1 N–H and O–H groups in total. The van der Waals surface area contributed by atoms with Gasteiger partial charge in [-0.25, -0.2) is 9.50 Å². The summed E-state index contributed by atoms with van der Waals surface area (Å²) < 4.78 is 8.33. The van der Waals surface area contributed by atoms with Crippen LogP contribution in [0.1, 0.15) is 17.4 Å². The van der Waals surface area contributed by atoms with E-state index in [1.807, 2.05) is 36.5 Å². The predicted octanol–water partition coefficient (Wildman–Crippen LogP) is 4.48. The molecule has 120 valence electrons. The number of nitrogens with one attached hydrogen (secondary N) is 1. The molecule has 1 atom stereocenters. The minimum Gasteiger partial charge on any atom is -0.467 e. The molecule has 0 aliphatic rings. The third-order valence-electron chi connectivity index (χ3n) is 3.87. The lowest BCUT2D eigenvalue weighted by Crippen LogP contribution is -2.14. The van der Waals surface area contributed by atoms with Crippen molar-refractivity contribution in [3.8, 4) is 0 Å². The van der Waals surface area contributed by atoms with Gasteiger partial charge in [-0.2, -0.15) is 5.10 Å². The molecule has 6 heteroatoms. The zero-order valence-corrected chi connectivity index (χ0v) is 14.3. The number of aromatic nitrogens is 3. The summed E-state index contributed by atoms with van der Waals surface area (Å²) in [6, 6.07) is 14.2. The average molecular weight is 383 g/mol. The van der Waals surface area contributed by atoms with Crippen LogP contribution in [-0.2, 0) is 6.42 Å². The van der Waals surface area contributed by atoms with Crippen LogP contribution >= 0.6 is 15.9 Å². The van der Waals surface area contributed by atoms with Gasteiger partial charge in [-0.05, 0) is 40.0 Å². The van der Waals surface area contributed by atoms with Crippen molar-refractivity contribution in [1.82, 2.24) is 14.6 Å². The van der Waals surface area contributed by atoms with Gasteiger partial charge in [0.15, 0.2) is 5.82 Å². The SMILES string of the molecule is Brc1cnn2ccnc(NC(Cc3ccccc3)c3ccco3)c12. The van der Waals surface area contributed by atoms with Gasteiger partial charge in [0.1, 0.15) is 11.3 Å². The summed E-state index contributed by atoms with van der Waals surface area (Å²) in [5.74, 6) is 1.64. The van der Waals surface area contributed by atoms with Crippen LogP contribution in [-0.4, -0.2) is 14.6 Å².